The van der Waals surface area contributed by atoms with Crippen LogP contribution in [0.2, 0.25) is 0 Å². The van der Waals surface area contributed by atoms with Crippen molar-refractivity contribution in [2.75, 3.05) is 5.32 Å². The Bertz CT molecular complexity index is 1170. The lowest BCUT2D eigenvalue weighted by Crippen LogP contribution is -2.25. The molecular formula is C24H21N3O4S. The Morgan fingerprint density at radius 3 is 2.22 bits per heavy atom. The molecule has 0 heterocycles. The molecule has 0 aromatic heterocycles. The Hall–Kier alpha value is -3.65. The van der Waals surface area contributed by atoms with E-state index in [1.807, 2.05) is 31.2 Å². The molecule has 3 aromatic carbocycles. The summed E-state index contributed by atoms with van der Waals surface area (Å²) >= 11 is 1.28. The number of amides is 2. The van der Waals surface area contributed by atoms with Gasteiger partial charge in [0.2, 0.25) is 0 Å². The van der Waals surface area contributed by atoms with Gasteiger partial charge in [0.1, 0.15) is 0 Å². The topological polar surface area (TPSA) is 101 Å². The van der Waals surface area contributed by atoms with Gasteiger partial charge in [-0.15, -0.1) is 0 Å². The minimum atomic E-state index is -0.486. The molecule has 32 heavy (non-hydrogen) atoms. The molecule has 3 aromatic rings. The summed E-state index contributed by atoms with van der Waals surface area (Å²) in [6.07, 6.45) is 2.02. The van der Waals surface area contributed by atoms with E-state index in [1.165, 1.54) is 17.8 Å². The molecule has 2 N–H and O–H groups in total. The summed E-state index contributed by atoms with van der Waals surface area (Å²) in [5.74, 6) is -0.599. The van der Waals surface area contributed by atoms with Crippen molar-refractivity contribution in [1.82, 2.24) is 5.32 Å². The molecule has 162 valence electrons. The van der Waals surface area contributed by atoms with Crippen molar-refractivity contribution in [2.45, 2.75) is 35.6 Å². The van der Waals surface area contributed by atoms with Gasteiger partial charge in [-0.3, -0.25) is 19.7 Å². The van der Waals surface area contributed by atoms with Crippen LogP contribution in [-0.2, 0) is 0 Å². The van der Waals surface area contributed by atoms with Gasteiger partial charge in [-0.1, -0.05) is 29.5 Å². The van der Waals surface area contributed by atoms with Gasteiger partial charge in [0.25, 0.3) is 17.5 Å². The van der Waals surface area contributed by atoms with Gasteiger partial charge in [-0.05, 0) is 68.3 Å². The Kier molecular flexibility index (Phi) is 6.23. The first-order chi connectivity index (χ1) is 15.4. The van der Waals surface area contributed by atoms with E-state index in [1.54, 1.807) is 36.4 Å². The molecule has 7 nitrogen and oxygen atoms in total. The molecule has 1 saturated carbocycles. The van der Waals surface area contributed by atoms with Gasteiger partial charge in [0.15, 0.2) is 0 Å². The van der Waals surface area contributed by atoms with Crippen LogP contribution in [0.4, 0.5) is 11.4 Å². The predicted octanol–water partition coefficient (Wildman–Crippen LogP) is 5.20. The van der Waals surface area contributed by atoms with E-state index in [0.717, 1.165) is 23.3 Å². The highest BCUT2D eigenvalue weighted by Crippen LogP contribution is 2.35. The van der Waals surface area contributed by atoms with Crippen LogP contribution in [-0.4, -0.2) is 22.8 Å². The van der Waals surface area contributed by atoms with Gasteiger partial charge >= 0.3 is 0 Å². The maximum Gasteiger partial charge on any atom is 0.284 e. The standard InChI is InChI=1S/C24H21N3O4S/c1-15-2-11-20(12-3-15)32-22-13-6-17(14-21(22)27(30)31)24(29)26-18-7-4-16(5-8-18)23(28)25-19-9-10-19/h2-8,11-14,19H,9-10H2,1H3,(H,25,28)(H,26,29). The molecule has 0 spiro atoms. The van der Waals surface area contributed by atoms with E-state index in [9.17, 15) is 19.7 Å². The van der Waals surface area contributed by atoms with Gasteiger partial charge in [-0.25, -0.2) is 0 Å². The molecule has 0 atom stereocenters. The van der Waals surface area contributed by atoms with E-state index in [-0.39, 0.29) is 23.2 Å². The quantitative estimate of drug-likeness (QED) is 0.383. The summed E-state index contributed by atoms with van der Waals surface area (Å²) in [5.41, 5.74) is 2.17. The summed E-state index contributed by atoms with van der Waals surface area (Å²) in [7, 11) is 0. The Morgan fingerprint density at radius 1 is 0.938 bits per heavy atom. The number of anilines is 1. The van der Waals surface area contributed by atoms with Crippen molar-refractivity contribution in [3.05, 3.63) is 93.5 Å². The first-order valence-electron chi connectivity index (χ1n) is 10.1. The second-order valence-corrected chi connectivity index (χ2v) is 8.75. The van der Waals surface area contributed by atoms with Crippen molar-refractivity contribution in [1.29, 1.82) is 0 Å². The normalized spacial score (nSPS) is 12.8. The number of hydrogen-bond acceptors (Lipinski definition) is 5. The summed E-state index contributed by atoms with van der Waals surface area (Å²) in [6.45, 7) is 1.97. The third-order valence-electron chi connectivity index (χ3n) is 4.98. The fourth-order valence-corrected chi connectivity index (χ4v) is 3.93. The zero-order valence-electron chi connectivity index (χ0n) is 17.3. The van der Waals surface area contributed by atoms with Crippen molar-refractivity contribution >= 4 is 35.0 Å². The molecule has 1 aliphatic carbocycles. The summed E-state index contributed by atoms with van der Waals surface area (Å²) < 4.78 is 0. The fraction of sp³-hybridized carbons (Fsp3) is 0.167. The lowest BCUT2D eigenvalue weighted by Gasteiger charge is -2.09. The zero-order valence-corrected chi connectivity index (χ0v) is 18.1. The molecule has 0 radical (unpaired) electrons. The van der Waals surface area contributed by atoms with Crippen LogP contribution >= 0.6 is 11.8 Å². The van der Waals surface area contributed by atoms with E-state index < -0.39 is 10.8 Å². The maximum atomic E-state index is 12.6. The number of carbonyl (C=O) groups excluding carboxylic acids is 2. The van der Waals surface area contributed by atoms with Crippen LogP contribution in [0.25, 0.3) is 0 Å². The van der Waals surface area contributed by atoms with Gasteiger partial charge in [0.05, 0.1) is 9.82 Å². The molecule has 1 fully saturated rings. The highest BCUT2D eigenvalue weighted by Gasteiger charge is 2.24. The van der Waals surface area contributed by atoms with Crippen LogP contribution in [0.3, 0.4) is 0 Å². The van der Waals surface area contributed by atoms with Gasteiger partial charge in [-0.2, -0.15) is 0 Å². The number of nitrogens with one attached hydrogen (secondary N) is 2. The monoisotopic (exact) mass is 447 g/mol. The van der Waals surface area contributed by atoms with E-state index in [4.69, 9.17) is 0 Å². The second-order valence-electron chi connectivity index (χ2n) is 7.63. The number of carbonyl (C=O) groups is 2. The Labute approximate surface area is 189 Å². The van der Waals surface area contributed by atoms with Crippen molar-refractivity contribution in [3.63, 3.8) is 0 Å². The van der Waals surface area contributed by atoms with Gasteiger partial charge in [0, 0.05) is 33.8 Å². The lowest BCUT2D eigenvalue weighted by atomic mass is 10.1. The highest BCUT2D eigenvalue weighted by molar-refractivity contribution is 7.99. The number of rotatable bonds is 7. The Morgan fingerprint density at radius 2 is 1.59 bits per heavy atom. The molecule has 1 aliphatic rings. The molecule has 4 rings (SSSR count). The van der Waals surface area contributed by atoms with Crippen LogP contribution in [0, 0.1) is 17.0 Å². The van der Waals surface area contributed by atoms with Crippen molar-refractivity contribution < 1.29 is 14.5 Å². The van der Waals surface area contributed by atoms with Crippen molar-refractivity contribution in [2.24, 2.45) is 0 Å². The number of hydrogen-bond donors (Lipinski definition) is 2. The summed E-state index contributed by atoms with van der Waals surface area (Å²) in [4.78, 5) is 37.2. The number of nitrogens with zero attached hydrogens (tertiary/aromatic N) is 1. The molecule has 2 amide bonds. The minimum absolute atomic E-state index is 0.129. The molecule has 0 saturated heterocycles. The first-order valence-corrected chi connectivity index (χ1v) is 11.0. The third-order valence-corrected chi connectivity index (χ3v) is 6.06. The van der Waals surface area contributed by atoms with E-state index >= 15 is 0 Å². The number of nitro benzene ring substituents is 1. The fourth-order valence-electron chi connectivity index (χ4n) is 3.03. The molecule has 0 aliphatic heterocycles. The average Bonchev–Trinajstić information content (AvgIpc) is 3.60. The number of nitro groups is 1. The molecule has 0 bridgehead atoms. The number of benzene rings is 3. The van der Waals surface area contributed by atoms with Crippen molar-refractivity contribution in [3.8, 4) is 0 Å². The molecule has 0 unspecified atom stereocenters. The van der Waals surface area contributed by atoms with Crippen LogP contribution in [0.5, 0.6) is 0 Å². The SMILES string of the molecule is Cc1ccc(Sc2ccc(C(=O)Nc3ccc(C(=O)NC4CC4)cc3)cc2[N+](=O)[O-])cc1. The second kappa shape index (κ2) is 9.23. The number of aryl methyl sites for hydroxylation is 1. The first kappa shape index (κ1) is 21.6. The smallest absolute Gasteiger partial charge is 0.284 e. The maximum absolute atomic E-state index is 12.6. The van der Waals surface area contributed by atoms with E-state index in [0.29, 0.717) is 16.1 Å². The predicted molar refractivity (Wildman–Crippen MR) is 123 cm³/mol. The third kappa shape index (κ3) is 5.33. The minimum Gasteiger partial charge on any atom is -0.349 e. The highest BCUT2D eigenvalue weighted by atomic mass is 32.2. The Balaban J connectivity index is 1.47. The van der Waals surface area contributed by atoms with Crippen LogP contribution in [0.15, 0.2) is 76.5 Å². The summed E-state index contributed by atoms with van der Waals surface area (Å²) in [6, 6.07) is 18.9. The van der Waals surface area contributed by atoms with Crippen LogP contribution in [0.1, 0.15) is 39.1 Å². The van der Waals surface area contributed by atoms with Crippen LogP contribution < -0.4 is 10.6 Å². The lowest BCUT2D eigenvalue weighted by molar-refractivity contribution is -0.387. The largest absolute Gasteiger partial charge is 0.349 e. The van der Waals surface area contributed by atoms with E-state index in [2.05, 4.69) is 10.6 Å². The summed E-state index contributed by atoms with van der Waals surface area (Å²) in [5, 5.41) is 17.2. The molecule has 8 heteroatoms. The zero-order chi connectivity index (χ0) is 22.7. The molecular weight excluding hydrogens is 426 g/mol. The van der Waals surface area contributed by atoms with Gasteiger partial charge < -0.3 is 10.6 Å². The average molecular weight is 448 g/mol.